The molecule has 1 aromatic carbocycles. The van der Waals surface area contributed by atoms with Crippen molar-refractivity contribution in [2.24, 2.45) is 5.92 Å². The summed E-state index contributed by atoms with van der Waals surface area (Å²) in [6.45, 7) is 0.770. The molecule has 1 fully saturated rings. The maximum Gasteiger partial charge on any atom is 0.220 e. The van der Waals surface area contributed by atoms with Gasteiger partial charge in [-0.1, -0.05) is 35.5 Å². The lowest BCUT2D eigenvalue weighted by Crippen LogP contribution is -2.40. The van der Waals surface area contributed by atoms with Gasteiger partial charge >= 0.3 is 0 Å². The van der Waals surface area contributed by atoms with Crippen molar-refractivity contribution in [1.82, 2.24) is 20.0 Å². The molecule has 1 aliphatic carbocycles. The van der Waals surface area contributed by atoms with Crippen molar-refractivity contribution in [1.29, 1.82) is 0 Å². The highest BCUT2D eigenvalue weighted by molar-refractivity contribution is 5.76. The van der Waals surface area contributed by atoms with E-state index >= 15 is 0 Å². The number of rotatable bonds is 7. The van der Waals surface area contributed by atoms with E-state index in [9.17, 15) is 9.90 Å². The molecule has 0 saturated heterocycles. The summed E-state index contributed by atoms with van der Waals surface area (Å²) in [4.78, 5) is 16.7. The summed E-state index contributed by atoms with van der Waals surface area (Å²) < 4.78 is 6.90. The van der Waals surface area contributed by atoms with E-state index < -0.39 is 6.10 Å². The Morgan fingerprint density at radius 2 is 2.11 bits per heavy atom. The van der Waals surface area contributed by atoms with Crippen molar-refractivity contribution < 1.29 is 14.4 Å². The fourth-order valence-electron chi connectivity index (χ4n) is 3.89. The Kier molecular flexibility index (Phi) is 5.53. The van der Waals surface area contributed by atoms with E-state index in [4.69, 9.17) is 4.52 Å². The molecule has 4 rings (SSSR count). The van der Waals surface area contributed by atoms with Gasteiger partial charge in [0, 0.05) is 43.4 Å². The predicted octanol–water partition coefficient (Wildman–Crippen LogP) is 2.43. The maximum atomic E-state index is 12.2. The number of aromatic nitrogens is 3. The molecule has 0 spiro atoms. The fraction of sp³-hybridized carbons (Fsp3) is 0.381. The van der Waals surface area contributed by atoms with Crippen LogP contribution < -0.4 is 5.32 Å². The van der Waals surface area contributed by atoms with E-state index in [-0.39, 0.29) is 17.9 Å². The Hall–Kier alpha value is -2.93. The number of carbonyl (C=O) groups is 1. The molecular weight excluding hydrogens is 356 g/mol. The van der Waals surface area contributed by atoms with Gasteiger partial charge in [-0.3, -0.25) is 4.79 Å². The molecule has 146 valence electrons. The average molecular weight is 380 g/mol. The highest BCUT2D eigenvalue weighted by Gasteiger charge is 2.34. The average Bonchev–Trinajstić information content (AvgIpc) is 3.44. The number of nitrogens with zero attached hydrogens (tertiary/aromatic N) is 3. The molecule has 0 aliphatic heterocycles. The first-order valence-corrected chi connectivity index (χ1v) is 9.62. The molecule has 1 unspecified atom stereocenters. The molecule has 3 aromatic rings. The molecule has 7 heteroatoms. The second kappa shape index (κ2) is 8.39. The van der Waals surface area contributed by atoms with Gasteiger partial charge in [-0.25, -0.2) is 4.98 Å². The van der Waals surface area contributed by atoms with E-state index in [1.807, 2.05) is 36.5 Å². The maximum absolute atomic E-state index is 12.2. The first kappa shape index (κ1) is 18.4. The lowest BCUT2D eigenvalue weighted by molar-refractivity contribution is -0.122. The van der Waals surface area contributed by atoms with Crippen molar-refractivity contribution in [3.05, 3.63) is 60.7 Å². The summed E-state index contributed by atoms with van der Waals surface area (Å²) in [6, 6.07) is 11.6. The molecule has 2 heterocycles. The number of aryl methyl sites for hydroxylation is 1. The highest BCUT2D eigenvalue weighted by Crippen LogP contribution is 2.29. The second-order valence-electron chi connectivity index (χ2n) is 7.34. The zero-order valence-corrected chi connectivity index (χ0v) is 15.6. The third-order valence-electron chi connectivity index (χ3n) is 5.27. The van der Waals surface area contributed by atoms with Crippen LogP contribution in [0.5, 0.6) is 0 Å². The van der Waals surface area contributed by atoms with Crippen LogP contribution in [0.2, 0.25) is 0 Å². The quantitative estimate of drug-likeness (QED) is 0.657. The van der Waals surface area contributed by atoms with Gasteiger partial charge in [0.25, 0.3) is 0 Å². The Morgan fingerprint density at radius 3 is 2.89 bits per heavy atom. The minimum absolute atomic E-state index is 0.0692. The number of aliphatic hydroxyl groups excluding tert-OH is 1. The van der Waals surface area contributed by atoms with Crippen molar-refractivity contribution in [3.8, 4) is 11.4 Å². The first-order chi connectivity index (χ1) is 13.7. The normalized spacial score (nSPS) is 21.7. The van der Waals surface area contributed by atoms with Crippen LogP contribution in [0, 0.1) is 5.92 Å². The summed E-state index contributed by atoms with van der Waals surface area (Å²) in [5, 5.41) is 17.2. The third-order valence-corrected chi connectivity index (χ3v) is 5.27. The first-order valence-electron chi connectivity index (χ1n) is 9.62. The van der Waals surface area contributed by atoms with Crippen molar-refractivity contribution in [3.63, 3.8) is 0 Å². The highest BCUT2D eigenvalue weighted by atomic mass is 16.5. The van der Waals surface area contributed by atoms with E-state index in [2.05, 4.69) is 20.0 Å². The summed E-state index contributed by atoms with van der Waals surface area (Å²) in [6.07, 6.45) is 7.03. The van der Waals surface area contributed by atoms with Crippen molar-refractivity contribution >= 4 is 5.91 Å². The molecule has 7 nitrogen and oxygen atoms in total. The van der Waals surface area contributed by atoms with Crippen molar-refractivity contribution in [2.75, 3.05) is 0 Å². The summed E-state index contributed by atoms with van der Waals surface area (Å²) in [7, 11) is 0. The van der Waals surface area contributed by atoms with Gasteiger partial charge in [0.1, 0.15) is 12.1 Å². The number of benzene rings is 1. The number of amides is 1. The summed E-state index contributed by atoms with van der Waals surface area (Å²) >= 11 is 0. The van der Waals surface area contributed by atoms with Gasteiger partial charge in [-0.05, 0) is 18.8 Å². The van der Waals surface area contributed by atoms with Crippen LogP contribution in [0.4, 0.5) is 0 Å². The monoisotopic (exact) mass is 380 g/mol. The number of carbonyl (C=O) groups excluding carboxylic acids is 1. The molecule has 28 heavy (non-hydrogen) atoms. The predicted molar refractivity (Wildman–Crippen MR) is 103 cm³/mol. The smallest absolute Gasteiger partial charge is 0.220 e. The van der Waals surface area contributed by atoms with Gasteiger partial charge < -0.3 is 19.5 Å². The van der Waals surface area contributed by atoms with Crippen LogP contribution in [-0.2, 0) is 17.8 Å². The minimum atomic E-state index is -0.523. The van der Waals surface area contributed by atoms with Crippen LogP contribution in [-0.4, -0.2) is 37.9 Å². The second-order valence-corrected chi connectivity index (χ2v) is 7.34. The summed E-state index contributed by atoms with van der Waals surface area (Å²) in [5.41, 5.74) is 1.83. The number of imidazole rings is 1. The molecule has 0 radical (unpaired) electrons. The molecular formula is C21H24N4O3. The zero-order chi connectivity index (χ0) is 19.3. The van der Waals surface area contributed by atoms with Gasteiger partial charge in [0.2, 0.25) is 5.91 Å². The van der Waals surface area contributed by atoms with Crippen LogP contribution in [0.3, 0.4) is 0 Å². The zero-order valence-electron chi connectivity index (χ0n) is 15.6. The Labute approximate surface area is 163 Å². The van der Waals surface area contributed by atoms with Crippen LogP contribution in [0.25, 0.3) is 11.4 Å². The topological polar surface area (TPSA) is 93.2 Å². The molecule has 2 aromatic heterocycles. The number of aliphatic hydroxyl groups is 1. The number of hydrogen-bond donors (Lipinski definition) is 2. The van der Waals surface area contributed by atoms with Gasteiger partial charge in [0.15, 0.2) is 0 Å². The molecule has 0 bridgehead atoms. The number of nitrogens with one attached hydrogen (secondary N) is 1. The van der Waals surface area contributed by atoms with Crippen molar-refractivity contribution in [2.45, 2.75) is 44.4 Å². The molecule has 1 saturated carbocycles. The molecule has 1 amide bonds. The Bertz CT molecular complexity index is 892. The molecule has 3 atom stereocenters. The third kappa shape index (κ3) is 4.31. The van der Waals surface area contributed by atoms with E-state index in [1.54, 1.807) is 12.3 Å². The van der Waals surface area contributed by atoms with E-state index in [0.29, 0.717) is 19.3 Å². The number of hydrogen-bond acceptors (Lipinski definition) is 5. The molecule has 1 aliphatic rings. The van der Waals surface area contributed by atoms with Gasteiger partial charge in [0.05, 0.1) is 17.8 Å². The minimum Gasteiger partial charge on any atom is -0.391 e. The fourth-order valence-corrected chi connectivity index (χ4v) is 3.89. The Morgan fingerprint density at radius 1 is 1.25 bits per heavy atom. The van der Waals surface area contributed by atoms with Crippen LogP contribution in [0.15, 0.2) is 59.6 Å². The van der Waals surface area contributed by atoms with E-state index in [0.717, 1.165) is 30.0 Å². The lowest BCUT2D eigenvalue weighted by atomic mass is 10.1. The lowest BCUT2D eigenvalue weighted by Gasteiger charge is -2.16. The van der Waals surface area contributed by atoms with Gasteiger partial charge in [-0.2, -0.15) is 0 Å². The SMILES string of the molecule is O=C(CCc1ccon1)N[C@@H]1CC(Cn2ccnc2-c2ccccc2)C[C@H]1O. The largest absolute Gasteiger partial charge is 0.391 e. The van der Waals surface area contributed by atoms with Crippen LogP contribution >= 0.6 is 0 Å². The van der Waals surface area contributed by atoms with Gasteiger partial charge in [-0.15, -0.1) is 0 Å². The standard InChI is InChI=1S/C21H24N4O3/c26-19-13-15(12-18(19)23-20(27)7-6-17-8-11-28-24-17)14-25-10-9-22-21(25)16-4-2-1-3-5-16/h1-5,8-11,15,18-19,26H,6-7,12-14H2,(H,23,27)/t15?,18-,19-/m1/s1. The summed E-state index contributed by atoms with van der Waals surface area (Å²) in [5.74, 6) is 1.14. The van der Waals surface area contributed by atoms with Crippen LogP contribution in [0.1, 0.15) is 25.0 Å². The van der Waals surface area contributed by atoms with E-state index in [1.165, 1.54) is 6.26 Å². The molecule has 2 N–H and O–H groups in total. The Balaban J connectivity index is 1.32.